The number of carbonyl (C=O) groups is 1. The molecule has 1 aromatic rings. The summed E-state index contributed by atoms with van der Waals surface area (Å²) in [4.78, 5) is 12.2. The fourth-order valence-corrected chi connectivity index (χ4v) is 1.74. The molecule has 0 bridgehead atoms. The van der Waals surface area contributed by atoms with Crippen LogP contribution in [0.5, 0.6) is 0 Å². The van der Waals surface area contributed by atoms with Crippen LogP contribution in [0.1, 0.15) is 39.7 Å². The molecule has 0 heterocycles. The summed E-state index contributed by atoms with van der Waals surface area (Å²) in [6.07, 6.45) is 0.629. The molecule has 20 heavy (non-hydrogen) atoms. The van der Waals surface area contributed by atoms with Gasteiger partial charge in [0, 0.05) is 25.4 Å². The zero-order valence-electron chi connectivity index (χ0n) is 13.1. The molecular weight excluding hydrogens is 252 g/mol. The lowest BCUT2D eigenvalue weighted by Crippen LogP contribution is -2.41. The Morgan fingerprint density at radius 2 is 2.10 bits per heavy atom. The van der Waals surface area contributed by atoms with Crippen LogP contribution in [-0.4, -0.2) is 24.7 Å². The van der Waals surface area contributed by atoms with Crippen molar-refractivity contribution < 1.29 is 9.53 Å². The normalized spacial score (nSPS) is 14.1. The molecule has 1 amide bonds. The maximum absolute atomic E-state index is 12.2. The summed E-state index contributed by atoms with van der Waals surface area (Å²) >= 11 is 0. The van der Waals surface area contributed by atoms with Gasteiger partial charge in [0.15, 0.2) is 0 Å². The van der Waals surface area contributed by atoms with E-state index in [9.17, 15) is 4.79 Å². The van der Waals surface area contributed by atoms with Crippen LogP contribution in [0.15, 0.2) is 24.3 Å². The Kier molecular flexibility index (Phi) is 6.17. The number of hydrogen-bond acceptors (Lipinski definition) is 3. The first-order valence-corrected chi connectivity index (χ1v) is 7.10. The lowest BCUT2D eigenvalue weighted by atomic mass is 10.0. The molecule has 1 atom stereocenters. The van der Waals surface area contributed by atoms with Crippen molar-refractivity contribution in [3.63, 3.8) is 0 Å². The van der Waals surface area contributed by atoms with Gasteiger partial charge in [-0.05, 0) is 31.0 Å². The molecule has 1 rings (SSSR count). The molecule has 112 valence electrons. The van der Waals surface area contributed by atoms with Crippen LogP contribution in [0.2, 0.25) is 0 Å². The first kappa shape index (κ1) is 16.7. The molecule has 0 radical (unpaired) electrons. The Labute approximate surface area is 121 Å². The van der Waals surface area contributed by atoms with Crippen LogP contribution in [0.4, 0.5) is 5.69 Å². The Hall–Kier alpha value is -1.39. The van der Waals surface area contributed by atoms with Gasteiger partial charge in [-0.1, -0.05) is 32.9 Å². The maximum Gasteiger partial charge on any atom is 0.256 e. The van der Waals surface area contributed by atoms with Crippen molar-refractivity contribution in [1.82, 2.24) is 5.32 Å². The van der Waals surface area contributed by atoms with Crippen LogP contribution < -0.4 is 10.6 Å². The average molecular weight is 278 g/mol. The SMILES string of the molecule is CCC(C)(OC)C(=O)Nc1cccc(CNC(C)C)c1. The Morgan fingerprint density at radius 1 is 1.40 bits per heavy atom. The third-order valence-corrected chi connectivity index (χ3v) is 3.50. The fourth-order valence-electron chi connectivity index (χ4n) is 1.74. The molecule has 0 saturated carbocycles. The minimum absolute atomic E-state index is 0.114. The average Bonchev–Trinajstić information content (AvgIpc) is 2.44. The van der Waals surface area contributed by atoms with Crippen LogP contribution in [0.25, 0.3) is 0 Å². The number of nitrogens with one attached hydrogen (secondary N) is 2. The Morgan fingerprint density at radius 3 is 2.65 bits per heavy atom. The number of carbonyl (C=O) groups excluding carboxylic acids is 1. The Bertz CT molecular complexity index is 440. The molecule has 1 aromatic carbocycles. The third kappa shape index (κ3) is 4.62. The first-order chi connectivity index (χ1) is 9.41. The van der Waals surface area contributed by atoms with Gasteiger partial charge in [0.1, 0.15) is 5.60 Å². The van der Waals surface area contributed by atoms with Gasteiger partial charge in [-0.15, -0.1) is 0 Å². The molecule has 4 heteroatoms. The maximum atomic E-state index is 12.2. The molecule has 0 aliphatic heterocycles. The standard InChI is InChI=1S/C16H26N2O2/c1-6-16(4,20-5)15(19)18-14-9-7-8-13(10-14)11-17-12(2)3/h7-10,12,17H,6,11H2,1-5H3,(H,18,19). The van der Waals surface area contributed by atoms with Gasteiger partial charge >= 0.3 is 0 Å². The minimum Gasteiger partial charge on any atom is -0.369 e. The monoisotopic (exact) mass is 278 g/mol. The fraction of sp³-hybridized carbons (Fsp3) is 0.562. The minimum atomic E-state index is -0.786. The van der Waals surface area contributed by atoms with Gasteiger partial charge in [0.2, 0.25) is 0 Å². The van der Waals surface area contributed by atoms with E-state index < -0.39 is 5.60 Å². The quantitative estimate of drug-likeness (QED) is 0.806. The smallest absolute Gasteiger partial charge is 0.256 e. The number of methoxy groups -OCH3 is 1. The molecule has 0 aliphatic rings. The number of amides is 1. The summed E-state index contributed by atoms with van der Waals surface area (Å²) in [5, 5.41) is 6.28. The van der Waals surface area contributed by atoms with Crippen molar-refractivity contribution >= 4 is 11.6 Å². The van der Waals surface area contributed by atoms with Gasteiger partial charge in [0.25, 0.3) is 5.91 Å². The van der Waals surface area contributed by atoms with E-state index in [0.29, 0.717) is 12.5 Å². The molecule has 0 saturated heterocycles. The Balaban J connectivity index is 2.73. The van der Waals surface area contributed by atoms with Gasteiger partial charge < -0.3 is 15.4 Å². The highest BCUT2D eigenvalue weighted by Crippen LogP contribution is 2.18. The molecule has 2 N–H and O–H groups in total. The molecular formula is C16H26N2O2. The molecule has 0 spiro atoms. The lowest BCUT2D eigenvalue weighted by Gasteiger charge is -2.25. The lowest BCUT2D eigenvalue weighted by molar-refractivity contribution is -0.136. The summed E-state index contributed by atoms with van der Waals surface area (Å²) in [6.45, 7) is 8.74. The van der Waals surface area contributed by atoms with E-state index >= 15 is 0 Å². The van der Waals surface area contributed by atoms with E-state index in [1.807, 2.05) is 31.2 Å². The summed E-state index contributed by atoms with van der Waals surface area (Å²) in [5.41, 5.74) is 1.16. The van der Waals surface area contributed by atoms with E-state index in [0.717, 1.165) is 17.8 Å². The second-order valence-electron chi connectivity index (χ2n) is 5.48. The molecule has 1 unspecified atom stereocenters. The van der Waals surface area contributed by atoms with E-state index in [1.165, 1.54) is 0 Å². The zero-order chi connectivity index (χ0) is 15.2. The molecule has 4 nitrogen and oxygen atoms in total. The van der Waals surface area contributed by atoms with E-state index in [-0.39, 0.29) is 5.91 Å². The summed E-state index contributed by atoms with van der Waals surface area (Å²) in [6, 6.07) is 8.30. The van der Waals surface area contributed by atoms with Crippen LogP contribution in [0.3, 0.4) is 0 Å². The van der Waals surface area contributed by atoms with Crippen molar-refractivity contribution in [1.29, 1.82) is 0 Å². The molecule has 0 fully saturated rings. The van der Waals surface area contributed by atoms with Crippen molar-refractivity contribution in [3.05, 3.63) is 29.8 Å². The highest BCUT2D eigenvalue weighted by molar-refractivity contribution is 5.97. The number of ether oxygens (including phenoxy) is 1. The second-order valence-corrected chi connectivity index (χ2v) is 5.48. The van der Waals surface area contributed by atoms with Crippen LogP contribution >= 0.6 is 0 Å². The third-order valence-electron chi connectivity index (χ3n) is 3.50. The van der Waals surface area contributed by atoms with Gasteiger partial charge in [0.05, 0.1) is 0 Å². The first-order valence-electron chi connectivity index (χ1n) is 7.10. The number of anilines is 1. The predicted octanol–water partition coefficient (Wildman–Crippen LogP) is 2.94. The number of hydrogen-bond donors (Lipinski definition) is 2. The highest BCUT2D eigenvalue weighted by atomic mass is 16.5. The van der Waals surface area contributed by atoms with Crippen LogP contribution in [0, 0.1) is 0 Å². The second kappa shape index (κ2) is 7.41. The van der Waals surface area contributed by atoms with Crippen molar-refractivity contribution in [2.24, 2.45) is 0 Å². The van der Waals surface area contributed by atoms with Gasteiger partial charge in [-0.2, -0.15) is 0 Å². The van der Waals surface area contributed by atoms with E-state index in [2.05, 4.69) is 24.5 Å². The topological polar surface area (TPSA) is 50.4 Å². The van der Waals surface area contributed by atoms with E-state index in [4.69, 9.17) is 4.74 Å². The summed E-state index contributed by atoms with van der Waals surface area (Å²) < 4.78 is 5.31. The molecule has 0 aliphatic carbocycles. The van der Waals surface area contributed by atoms with Crippen molar-refractivity contribution in [2.75, 3.05) is 12.4 Å². The largest absolute Gasteiger partial charge is 0.369 e. The van der Waals surface area contributed by atoms with Gasteiger partial charge in [-0.25, -0.2) is 0 Å². The van der Waals surface area contributed by atoms with E-state index in [1.54, 1.807) is 14.0 Å². The zero-order valence-corrected chi connectivity index (χ0v) is 13.1. The highest BCUT2D eigenvalue weighted by Gasteiger charge is 2.30. The summed E-state index contributed by atoms with van der Waals surface area (Å²) in [5.74, 6) is -0.114. The van der Waals surface area contributed by atoms with Crippen molar-refractivity contribution in [2.45, 2.75) is 52.3 Å². The summed E-state index contributed by atoms with van der Waals surface area (Å²) in [7, 11) is 1.56. The van der Waals surface area contributed by atoms with Crippen LogP contribution in [-0.2, 0) is 16.1 Å². The number of benzene rings is 1. The predicted molar refractivity (Wildman–Crippen MR) is 82.8 cm³/mol. The number of rotatable bonds is 7. The van der Waals surface area contributed by atoms with Crippen molar-refractivity contribution in [3.8, 4) is 0 Å². The molecule has 0 aromatic heterocycles. The van der Waals surface area contributed by atoms with Gasteiger partial charge in [-0.3, -0.25) is 4.79 Å².